The van der Waals surface area contributed by atoms with Gasteiger partial charge in [-0.1, -0.05) is 69.1 Å². The van der Waals surface area contributed by atoms with Gasteiger partial charge in [0.15, 0.2) is 0 Å². The molecule has 0 aromatic carbocycles. The van der Waals surface area contributed by atoms with E-state index in [9.17, 15) is 14.7 Å². The number of pyridine rings is 1. The number of β-amino-alcohol motifs (C(OH)–C–C–N with tert-alkyl or cyclic N) is 1. The van der Waals surface area contributed by atoms with E-state index in [0.717, 1.165) is 31.5 Å². The van der Waals surface area contributed by atoms with Crippen LogP contribution in [0.5, 0.6) is 0 Å². The van der Waals surface area contributed by atoms with Crippen molar-refractivity contribution in [3.63, 3.8) is 0 Å². The van der Waals surface area contributed by atoms with E-state index in [0.29, 0.717) is 52.4 Å². The zero-order valence-electron chi connectivity index (χ0n) is 21.8. The highest BCUT2D eigenvalue weighted by Crippen LogP contribution is 2.34. The van der Waals surface area contributed by atoms with E-state index < -0.39 is 0 Å². The second kappa shape index (κ2) is 13.0. The molecule has 2 saturated heterocycles. The number of aryl methyl sites for hydroxylation is 1. The molecule has 10 heteroatoms. The fraction of sp³-hybridized carbons (Fsp3) is 0.556. The largest absolute Gasteiger partial charge is 0.395 e. The second-order valence-electron chi connectivity index (χ2n) is 9.69. The molecule has 0 atom stereocenters. The molecular formula is C27H37N5O3S2. The van der Waals surface area contributed by atoms with Crippen LogP contribution in [0.2, 0.25) is 0 Å². The van der Waals surface area contributed by atoms with Crippen LogP contribution in [0.25, 0.3) is 11.7 Å². The smallest absolute Gasteiger partial charge is 0.267 e. The van der Waals surface area contributed by atoms with Gasteiger partial charge in [0, 0.05) is 45.5 Å². The molecular weight excluding hydrogens is 506 g/mol. The van der Waals surface area contributed by atoms with Gasteiger partial charge in [-0.05, 0) is 31.1 Å². The van der Waals surface area contributed by atoms with Crippen LogP contribution < -0.4 is 10.5 Å². The number of anilines is 1. The number of aliphatic hydroxyl groups is 1. The summed E-state index contributed by atoms with van der Waals surface area (Å²) in [6.07, 6.45) is 10.3. The van der Waals surface area contributed by atoms with E-state index in [-0.39, 0.29) is 18.1 Å². The van der Waals surface area contributed by atoms with Crippen molar-refractivity contribution in [3.05, 3.63) is 44.7 Å². The average Bonchev–Trinajstić information content (AvgIpc) is 3.16. The number of amides is 1. The van der Waals surface area contributed by atoms with Crippen molar-refractivity contribution in [2.75, 3.05) is 50.8 Å². The first-order valence-electron chi connectivity index (χ1n) is 13.3. The lowest BCUT2D eigenvalue weighted by molar-refractivity contribution is -0.122. The number of rotatable bonds is 11. The van der Waals surface area contributed by atoms with Crippen molar-refractivity contribution in [1.29, 1.82) is 0 Å². The van der Waals surface area contributed by atoms with E-state index >= 15 is 0 Å². The first-order chi connectivity index (χ1) is 17.9. The molecule has 2 aromatic heterocycles. The van der Waals surface area contributed by atoms with Crippen molar-refractivity contribution in [1.82, 2.24) is 19.2 Å². The molecule has 4 heterocycles. The van der Waals surface area contributed by atoms with Crippen molar-refractivity contribution in [2.45, 2.75) is 52.4 Å². The average molecular weight is 544 g/mol. The summed E-state index contributed by atoms with van der Waals surface area (Å²) in [6, 6.07) is 3.78. The molecule has 8 nitrogen and oxygen atoms in total. The van der Waals surface area contributed by atoms with Crippen molar-refractivity contribution in [3.8, 4) is 0 Å². The lowest BCUT2D eigenvalue weighted by Crippen LogP contribution is -2.48. The molecule has 2 aliphatic heterocycles. The Bertz CT molecular complexity index is 1220. The number of piperazine rings is 1. The summed E-state index contributed by atoms with van der Waals surface area (Å²) in [7, 11) is 0. The number of fused-ring (bicyclic) bond motifs is 1. The summed E-state index contributed by atoms with van der Waals surface area (Å²) in [4.78, 5) is 38.4. The maximum absolute atomic E-state index is 13.7. The van der Waals surface area contributed by atoms with Crippen LogP contribution in [0.4, 0.5) is 5.82 Å². The van der Waals surface area contributed by atoms with Gasteiger partial charge >= 0.3 is 0 Å². The molecule has 1 amide bonds. The summed E-state index contributed by atoms with van der Waals surface area (Å²) in [5.74, 6) is 0.472. The summed E-state index contributed by atoms with van der Waals surface area (Å²) in [6.45, 7) is 8.44. The summed E-state index contributed by atoms with van der Waals surface area (Å²) < 4.78 is 2.11. The number of hydrogen-bond donors (Lipinski definition) is 1. The second-order valence-corrected chi connectivity index (χ2v) is 11.4. The monoisotopic (exact) mass is 543 g/mol. The maximum atomic E-state index is 13.7. The van der Waals surface area contributed by atoms with Gasteiger partial charge in [0.05, 0.1) is 17.1 Å². The van der Waals surface area contributed by atoms with Crippen molar-refractivity contribution in [2.24, 2.45) is 0 Å². The Hall–Kier alpha value is -2.27. The molecule has 0 bridgehead atoms. The molecule has 4 rings (SSSR count). The molecule has 0 saturated carbocycles. The highest BCUT2D eigenvalue weighted by atomic mass is 32.2. The summed E-state index contributed by atoms with van der Waals surface area (Å²) in [5.41, 5.74) is 1.76. The highest BCUT2D eigenvalue weighted by molar-refractivity contribution is 8.26. The minimum Gasteiger partial charge on any atom is -0.395 e. The fourth-order valence-electron chi connectivity index (χ4n) is 4.87. The zero-order valence-corrected chi connectivity index (χ0v) is 23.5. The number of thiocarbonyl (C=S) groups is 1. The summed E-state index contributed by atoms with van der Waals surface area (Å²) in [5, 5.41) is 9.29. The minimum atomic E-state index is -0.192. The van der Waals surface area contributed by atoms with Crippen LogP contribution in [-0.2, 0) is 4.79 Å². The van der Waals surface area contributed by atoms with Crippen LogP contribution >= 0.6 is 24.0 Å². The number of thioether (sulfide) groups is 1. The van der Waals surface area contributed by atoms with Crippen LogP contribution in [-0.4, -0.2) is 80.4 Å². The third-order valence-electron chi connectivity index (χ3n) is 7.04. The first kappa shape index (κ1) is 27.8. The van der Waals surface area contributed by atoms with E-state index in [1.165, 1.54) is 37.4 Å². The molecule has 0 aliphatic carbocycles. The maximum Gasteiger partial charge on any atom is 0.267 e. The van der Waals surface area contributed by atoms with Crippen LogP contribution in [0.15, 0.2) is 28.0 Å². The Morgan fingerprint density at radius 1 is 1.08 bits per heavy atom. The van der Waals surface area contributed by atoms with Crippen molar-refractivity contribution < 1.29 is 9.90 Å². The number of aromatic nitrogens is 2. The van der Waals surface area contributed by atoms with E-state index in [1.807, 2.05) is 19.1 Å². The number of carbonyl (C=O) groups is 1. The Kier molecular flexibility index (Phi) is 9.75. The molecule has 2 fully saturated rings. The predicted molar refractivity (Wildman–Crippen MR) is 155 cm³/mol. The van der Waals surface area contributed by atoms with Crippen LogP contribution in [0.1, 0.15) is 56.6 Å². The fourth-order valence-corrected chi connectivity index (χ4v) is 6.16. The standard InChI is InChI=1S/C27H37N5O3S2/c1-3-4-5-6-7-8-11-32-26(35)22(37-27(32)36)19-21-24(30-15-13-29(14-16-30)17-18-33)28-23-20(2)10-9-12-31(23)25(21)34/h9-10,12,19,33H,3-8,11,13-18H2,1-2H3/b22-19+. The molecule has 2 aliphatic rings. The SMILES string of the molecule is CCCCCCCCN1C(=O)/C(=C\c2c(N3CCN(CCO)CC3)nc3c(C)cccn3c2=O)SC1=S. The molecule has 1 N–H and O–H groups in total. The molecule has 2 aromatic rings. The molecule has 0 unspecified atom stereocenters. The van der Waals surface area contributed by atoms with Gasteiger partial charge in [-0.2, -0.15) is 0 Å². The highest BCUT2D eigenvalue weighted by Gasteiger charge is 2.33. The van der Waals surface area contributed by atoms with E-state index in [2.05, 4.69) is 16.7 Å². The Morgan fingerprint density at radius 3 is 2.54 bits per heavy atom. The number of carbonyl (C=O) groups excluding carboxylic acids is 1. The lowest BCUT2D eigenvalue weighted by Gasteiger charge is -2.35. The van der Waals surface area contributed by atoms with Gasteiger partial charge in [0.25, 0.3) is 11.5 Å². The molecule has 0 radical (unpaired) electrons. The van der Waals surface area contributed by atoms with Gasteiger partial charge in [-0.3, -0.25) is 23.8 Å². The third-order valence-corrected chi connectivity index (χ3v) is 8.41. The van der Waals surface area contributed by atoms with Gasteiger partial charge in [-0.15, -0.1) is 0 Å². The number of nitrogens with zero attached hydrogens (tertiary/aromatic N) is 5. The first-order valence-corrected chi connectivity index (χ1v) is 14.5. The van der Waals surface area contributed by atoms with Gasteiger partial charge in [0.2, 0.25) is 0 Å². The van der Waals surface area contributed by atoms with Crippen LogP contribution in [0.3, 0.4) is 0 Å². The predicted octanol–water partition coefficient (Wildman–Crippen LogP) is 3.68. The summed E-state index contributed by atoms with van der Waals surface area (Å²) >= 11 is 6.81. The molecule has 200 valence electrons. The van der Waals surface area contributed by atoms with E-state index in [1.54, 1.807) is 21.6 Å². The third kappa shape index (κ3) is 6.42. The molecule has 0 spiro atoms. The van der Waals surface area contributed by atoms with Crippen LogP contribution in [0, 0.1) is 6.92 Å². The quantitative estimate of drug-likeness (QED) is 0.261. The van der Waals surface area contributed by atoms with Gasteiger partial charge < -0.3 is 10.0 Å². The Balaban J connectivity index is 1.61. The topological polar surface area (TPSA) is 81.4 Å². The molecule has 37 heavy (non-hydrogen) atoms. The normalized spacial score (nSPS) is 18.1. The number of hydrogen-bond acceptors (Lipinski definition) is 8. The number of unbranched alkanes of at least 4 members (excludes halogenated alkanes) is 5. The van der Waals surface area contributed by atoms with Crippen molar-refractivity contribution >= 4 is 51.7 Å². The minimum absolute atomic E-state index is 0.126. The Labute approximate surface area is 228 Å². The lowest BCUT2D eigenvalue weighted by atomic mass is 10.1. The number of aliphatic hydroxyl groups excluding tert-OH is 1. The van der Waals surface area contributed by atoms with E-state index in [4.69, 9.17) is 17.2 Å². The van der Waals surface area contributed by atoms with Gasteiger partial charge in [0.1, 0.15) is 15.8 Å². The zero-order chi connectivity index (χ0) is 26.4. The van der Waals surface area contributed by atoms with Gasteiger partial charge in [-0.25, -0.2) is 4.98 Å². The Morgan fingerprint density at radius 2 is 1.81 bits per heavy atom.